The fraction of sp³-hybridized carbons (Fsp3) is 0.500. The van der Waals surface area contributed by atoms with E-state index < -0.39 is 0 Å². The van der Waals surface area contributed by atoms with Crippen molar-refractivity contribution in [3.8, 4) is 5.75 Å². The number of nitrogens with zero attached hydrogens (tertiary/aromatic N) is 1. The molecule has 5 nitrogen and oxygen atoms in total. The zero-order valence-electron chi connectivity index (χ0n) is 15.2. The number of rotatable bonds is 3. The number of anilines is 1. The molecular weight excluding hydrogens is 316 g/mol. The van der Waals surface area contributed by atoms with Gasteiger partial charge >= 0.3 is 6.15 Å². The molecule has 0 bridgehead atoms. The lowest BCUT2D eigenvalue weighted by molar-refractivity contribution is -0.191. The first-order valence-electron chi connectivity index (χ1n) is 8.85. The molecule has 0 spiro atoms. The van der Waals surface area contributed by atoms with Crippen molar-refractivity contribution in [1.29, 1.82) is 0 Å². The van der Waals surface area contributed by atoms with Gasteiger partial charge in [-0.05, 0) is 62.6 Å². The van der Waals surface area contributed by atoms with Crippen LogP contribution in [0, 0.1) is 12.8 Å². The Morgan fingerprint density at radius 1 is 1.24 bits per heavy atom. The van der Waals surface area contributed by atoms with Crippen molar-refractivity contribution in [3.05, 3.63) is 29.5 Å². The third-order valence-corrected chi connectivity index (χ3v) is 4.93. The molecule has 1 aromatic heterocycles. The zero-order chi connectivity index (χ0) is 18.4. The Kier molecular flexibility index (Phi) is 6.54. The quantitative estimate of drug-likeness (QED) is 0.909. The molecule has 134 valence electrons. The number of nitrogens with two attached hydrogens (primary N) is 1. The van der Waals surface area contributed by atoms with E-state index in [-0.39, 0.29) is 6.15 Å². The van der Waals surface area contributed by atoms with E-state index in [2.05, 4.69) is 13.8 Å². The maximum absolute atomic E-state index is 8.12. The van der Waals surface area contributed by atoms with Crippen LogP contribution >= 0.6 is 0 Å². The van der Waals surface area contributed by atoms with Gasteiger partial charge in [0.2, 0.25) is 0 Å². The SMILES string of the molecule is CCc1c(C)nc2cccc(OC3CCC(C)CC3)c2c1N.O=C=O. The molecule has 0 atom stereocenters. The molecule has 25 heavy (non-hydrogen) atoms. The first-order chi connectivity index (χ1) is 12.0. The minimum atomic E-state index is 0.250. The molecule has 1 heterocycles. The Hall–Kier alpha value is -2.39. The summed E-state index contributed by atoms with van der Waals surface area (Å²) in [5, 5.41) is 0.989. The van der Waals surface area contributed by atoms with E-state index in [1.54, 1.807) is 0 Å². The summed E-state index contributed by atoms with van der Waals surface area (Å²) in [5.74, 6) is 1.73. The molecule has 3 rings (SSSR count). The lowest BCUT2D eigenvalue weighted by Gasteiger charge is -2.27. The van der Waals surface area contributed by atoms with Gasteiger partial charge < -0.3 is 10.5 Å². The molecule has 0 saturated heterocycles. The van der Waals surface area contributed by atoms with Crippen LogP contribution in [-0.4, -0.2) is 17.2 Å². The molecule has 1 fully saturated rings. The molecule has 0 radical (unpaired) electrons. The topological polar surface area (TPSA) is 82.3 Å². The maximum Gasteiger partial charge on any atom is 0.373 e. The van der Waals surface area contributed by atoms with Crippen LogP contribution in [0.1, 0.15) is 50.8 Å². The van der Waals surface area contributed by atoms with Crippen LogP contribution in [0.2, 0.25) is 0 Å². The molecule has 1 saturated carbocycles. The van der Waals surface area contributed by atoms with Crippen LogP contribution in [0.4, 0.5) is 5.69 Å². The second-order valence-corrected chi connectivity index (χ2v) is 6.68. The molecule has 5 heteroatoms. The molecule has 0 unspecified atom stereocenters. The van der Waals surface area contributed by atoms with Crippen LogP contribution < -0.4 is 10.5 Å². The zero-order valence-corrected chi connectivity index (χ0v) is 15.2. The number of carbonyl (C=O) groups excluding carboxylic acids is 2. The maximum atomic E-state index is 8.12. The summed E-state index contributed by atoms with van der Waals surface area (Å²) in [5.41, 5.74) is 10.4. The Balaban J connectivity index is 0.000000701. The highest BCUT2D eigenvalue weighted by Crippen LogP contribution is 2.36. The van der Waals surface area contributed by atoms with Gasteiger partial charge in [0, 0.05) is 11.4 Å². The fourth-order valence-electron chi connectivity index (χ4n) is 3.55. The highest BCUT2D eigenvalue weighted by molar-refractivity contribution is 5.97. The van der Waals surface area contributed by atoms with Gasteiger partial charge in [-0.1, -0.05) is 19.9 Å². The van der Waals surface area contributed by atoms with E-state index in [1.165, 1.54) is 12.8 Å². The van der Waals surface area contributed by atoms with Gasteiger partial charge in [0.1, 0.15) is 5.75 Å². The van der Waals surface area contributed by atoms with Crippen LogP contribution in [-0.2, 0) is 16.0 Å². The van der Waals surface area contributed by atoms with Crippen LogP contribution in [0.5, 0.6) is 5.75 Å². The molecule has 1 aliphatic rings. The van der Waals surface area contributed by atoms with E-state index in [4.69, 9.17) is 25.0 Å². The van der Waals surface area contributed by atoms with E-state index in [0.717, 1.165) is 58.8 Å². The largest absolute Gasteiger partial charge is 0.490 e. The number of hydrogen-bond acceptors (Lipinski definition) is 5. The summed E-state index contributed by atoms with van der Waals surface area (Å²) in [4.78, 5) is 21.0. The highest BCUT2D eigenvalue weighted by atomic mass is 16.5. The number of nitrogen functional groups attached to an aromatic ring is 1. The van der Waals surface area contributed by atoms with Gasteiger partial charge in [-0.25, -0.2) is 0 Å². The molecule has 0 amide bonds. The first-order valence-corrected chi connectivity index (χ1v) is 8.85. The Morgan fingerprint density at radius 3 is 2.48 bits per heavy atom. The third-order valence-electron chi connectivity index (χ3n) is 4.93. The van der Waals surface area contributed by atoms with Crippen molar-refractivity contribution in [3.63, 3.8) is 0 Å². The van der Waals surface area contributed by atoms with Crippen molar-refractivity contribution in [2.75, 3.05) is 5.73 Å². The average Bonchev–Trinajstić information content (AvgIpc) is 2.58. The second kappa shape index (κ2) is 8.63. The van der Waals surface area contributed by atoms with E-state index in [0.29, 0.717) is 6.10 Å². The molecule has 1 aliphatic carbocycles. The minimum absolute atomic E-state index is 0.250. The molecule has 1 aromatic carbocycles. The number of hydrogen-bond donors (Lipinski definition) is 1. The van der Waals surface area contributed by atoms with Crippen LogP contribution in [0.25, 0.3) is 10.9 Å². The van der Waals surface area contributed by atoms with Gasteiger partial charge in [0.15, 0.2) is 0 Å². The van der Waals surface area contributed by atoms with Gasteiger partial charge in [-0.2, -0.15) is 9.59 Å². The molecule has 2 aromatic rings. The summed E-state index contributed by atoms with van der Waals surface area (Å²) in [7, 11) is 0. The predicted octanol–water partition coefficient (Wildman–Crippen LogP) is 4.06. The van der Waals surface area contributed by atoms with Crippen LogP contribution in [0.3, 0.4) is 0 Å². The van der Waals surface area contributed by atoms with Crippen molar-refractivity contribution in [2.24, 2.45) is 5.92 Å². The van der Waals surface area contributed by atoms with Gasteiger partial charge in [0.25, 0.3) is 0 Å². The first kappa shape index (κ1) is 18.9. The summed E-state index contributed by atoms with van der Waals surface area (Å²) in [6, 6.07) is 6.07. The summed E-state index contributed by atoms with van der Waals surface area (Å²) < 4.78 is 6.32. The summed E-state index contributed by atoms with van der Waals surface area (Å²) in [6.45, 7) is 6.48. The molecular formula is C20H26N2O3. The van der Waals surface area contributed by atoms with Crippen molar-refractivity contribution < 1.29 is 14.3 Å². The van der Waals surface area contributed by atoms with Gasteiger partial charge in [0.05, 0.1) is 17.0 Å². The van der Waals surface area contributed by atoms with E-state index in [1.807, 2.05) is 25.1 Å². The number of pyridine rings is 1. The van der Waals surface area contributed by atoms with E-state index in [9.17, 15) is 0 Å². The van der Waals surface area contributed by atoms with Crippen LogP contribution in [0.15, 0.2) is 18.2 Å². The van der Waals surface area contributed by atoms with Gasteiger partial charge in [-0.3, -0.25) is 4.98 Å². The highest BCUT2D eigenvalue weighted by Gasteiger charge is 2.21. The number of fused-ring (bicyclic) bond motifs is 1. The van der Waals surface area contributed by atoms with E-state index >= 15 is 0 Å². The number of aryl methyl sites for hydroxylation is 1. The molecule has 2 N–H and O–H groups in total. The minimum Gasteiger partial charge on any atom is -0.490 e. The Morgan fingerprint density at radius 2 is 1.88 bits per heavy atom. The number of ether oxygens (including phenoxy) is 1. The third kappa shape index (κ3) is 4.37. The van der Waals surface area contributed by atoms with Crippen molar-refractivity contribution in [1.82, 2.24) is 4.98 Å². The standard InChI is InChI=1S/C19H26N2O.CO2/c1-4-15-13(3)21-16-6-5-7-17(18(16)19(15)20)22-14-10-8-12(2)9-11-14;2-1-3/h5-7,12,14H,4,8-11H2,1-3H3,(H2,20,21);. The average molecular weight is 342 g/mol. The number of aromatic nitrogens is 1. The van der Waals surface area contributed by atoms with Crippen molar-refractivity contribution in [2.45, 2.75) is 59.0 Å². The van der Waals surface area contributed by atoms with Crippen molar-refractivity contribution >= 4 is 22.7 Å². The lowest BCUT2D eigenvalue weighted by Crippen LogP contribution is -2.23. The molecule has 0 aliphatic heterocycles. The Bertz CT molecular complexity index is 759. The summed E-state index contributed by atoms with van der Waals surface area (Å²) in [6.07, 6.45) is 6.24. The lowest BCUT2D eigenvalue weighted by atomic mass is 9.89. The van der Waals surface area contributed by atoms with Gasteiger partial charge in [-0.15, -0.1) is 0 Å². The predicted molar refractivity (Wildman–Crippen MR) is 97.3 cm³/mol. The smallest absolute Gasteiger partial charge is 0.373 e. The summed E-state index contributed by atoms with van der Waals surface area (Å²) >= 11 is 0. The fourth-order valence-corrected chi connectivity index (χ4v) is 3.55. The normalized spacial score (nSPS) is 19.6. The number of benzene rings is 1. The monoisotopic (exact) mass is 342 g/mol. The second-order valence-electron chi connectivity index (χ2n) is 6.68. The Labute approximate surface area is 148 Å².